The van der Waals surface area contributed by atoms with Crippen molar-refractivity contribution in [2.75, 3.05) is 12.4 Å². The van der Waals surface area contributed by atoms with Crippen molar-refractivity contribution in [1.82, 2.24) is 9.88 Å². The van der Waals surface area contributed by atoms with Crippen LogP contribution in [-0.2, 0) is 4.74 Å². The number of hydrogen-bond acceptors (Lipinski definition) is 5. The zero-order valence-electron chi connectivity index (χ0n) is 19.5. The van der Waals surface area contributed by atoms with E-state index >= 15 is 0 Å². The molecule has 1 saturated heterocycles. The molecular formula is C22H37N4O3Si+. The zero-order valence-corrected chi connectivity index (χ0v) is 20.5. The first-order chi connectivity index (χ1) is 14.0. The minimum absolute atomic E-state index is 0.0372. The summed E-state index contributed by atoms with van der Waals surface area (Å²) in [5, 5.41) is 0. The fraction of sp³-hybridized carbons (Fsp3) is 0.682. The van der Waals surface area contributed by atoms with Gasteiger partial charge in [0.2, 0.25) is 0 Å². The van der Waals surface area contributed by atoms with Crippen LogP contribution >= 0.6 is 0 Å². The van der Waals surface area contributed by atoms with Crippen molar-refractivity contribution in [3.05, 3.63) is 18.1 Å². The summed E-state index contributed by atoms with van der Waals surface area (Å²) in [5.74, 6) is 9.81. The van der Waals surface area contributed by atoms with Crippen LogP contribution < -0.4 is 15.3 Å². The molecule has 0 bridgehead atoms. The largest absolute Gasteiger partial charge is 0.468 e. The zero-order chi connectivity index (χ0) is 22.5. The Morgan fingerprint density at radius 1 is 1.33 bits per heavy atom. The molecule has 2 rings (SSSR count). The number of likely N-dealkylation sites (tertiary alicyclic amines) is 1. The molecule has 7 nitrogen and oxygen atoms in total. The highest BCUT2D eigenvalue weighted by Gasteiger charge is 2.36. The summed E-state index contributed by atoms with van der Waals surface area (Å²) in [4.78, 5) is 18.5. The predicted molar refractivity (Wildman–Crippen MR) is 120 cm³/mol. The van der Waals surface area contributed by atoms with Crippen LogP contribution in [0, 0.1) is 11.5 Å². The second kappa shape index (κ2) is 9.69. The van der Waals surface area contributed by atoms with Gasteiger partial charge in [-0.1, -0.05) is 25.4 Å². The van der Waals surface area contributed by atoms with Gasteiger partial charge in [0.1, 0.15) is 26.0 Å². The van der Waals surface area contributed by atoms with E-state index in [9.17, 15) is 4.79 Å². The van der Waals surface area contributed by atoms with E-state index < -0.39 is 13.7 Å². The molecule has 2 atom stereocenters. The number of carbonyl (C=O) groups excluding carboxylic acids is 1. The van der Waals surface area contributed by atoms with Crippen molar-refractivity contribution in [1.29, 1.82) is 0 Å². The number of carbonyl (C=O) groups is 1. The Labute approximate surface area is 181 Å². The molecule has 1 aromatic heterocycles. The van der Waals surface area contributed by atoms with Crippen LogP contribution in [0.15, 0.2) is 12.4 Å². The van der Waals surface area contributed by atoms with Gasteiger partial charge in [0.15, 0.2) is 0 Å². The molecule has 1 fully saturated rings. The molecule has 166 valence electrons. The Morgan fingerprint density at radius 2 is 1.97 bits per heavy atom. The number of ether oxygens (including phenoxy) is 2. The molecule has 0 saturated carbocycles. The number of rotatable bonds is 5. The molecule has 1 amide bonds. The highest BCUT2D eigenvalue weighted by molar-refractivity contribution is 6.87. The van der Waals surface area contributed by atoms with Gasteiger partial charge in [-0.2, -0.15) is 0 Å². The number of aromatic nitrogens is 2. The van der Waals surface area contributed by atoms with Crippen molar-refractivity contribution in [3.8, 4) is 17.3 Å². The van der Waals surface area contributed by atoms with E-state index in [0.717, 1.165) is 18.1 Å². The van der Waals surface area contributed by atoms with Gasteiger partial charge in [-0.05, 0) is 51.7 Å². The summed E-state index contributed by atoms with van der Waals surface area (Å²) in [6, 6.07) is 3.45. The van der Waals surface area contributed by atoms with Crippen molar-refractivity contribution < 1.29 is 18.9 Å². The fourth-order valence-corrected chi connectivity index (χ4v) is 6.02. The van der Waals surface area contributed by atoms with Crippen LogP contribution in [0.4, 0.5) is 4.79 Å². The molecule has 0 unspecified atom stereocenters. The van der Waals surface area contributed by atoms with E-state index in [1.54, 1.807) is 17.3 Å². The summed E-state index contributed by atoms with van der Waals surface area (Å²) < 4.78 is 13.0. The lowest BCUT2D eigenvalue weighted by atomic mass is 10.2. The Bertz CT molecular complexity index is 801. The van der Waals surface area contributed by atoms with Crippen molar-refractivity contribution in [3.63, 3.8) is 0 Å². The quantitative estimate of drug-likeness (QED) is 0.334. The highest BCUT2D eigenvalue weighted by atomic mass is 28.3. The van der Waals surface area contributed by atoms with Gasteiger partial charge in [-0.3, -0.25) is 0 Å². The third-order valence-electron chi connectivity index (χ3n) is 5.78. The molecule has 1 aliphatic rings. The lowest BCUT2D eigenvalue weighted by Gasteiger charge is -2.26. The van der Waals surface area contributed by atoms with Crippen LogP contribution in [0.25, 0.3) is 0 Å². The molecule has 2 N–H and O–H groups in total. The minimum atomic E-state index is -1.55. The predicted octanol–water partition coefficient (Wildman–Crippen LogP) is 3.26. The van der Waals surface area contributed by atoms with Crippen LogP contribution in [0.5, 0.6) is 5.88 Å². The summed E-state index contributed by atoms with van der Waals surface area (Å²) in [6.07, 6.45) is 3.55. The summed E-state index contributed by atoms with van der Waals surface area (Å²) in [6.45, 7) is 14.7. The summed E-state index contributed by atoms with van der Waals surface area (Å²) >= 11 is 0. The maximum atomic E-state index is 12.4. The summed E-state index contributed by atoms with van der Waals surface area (Å²) in [5.41, 5.74) is 3.67. The standard InChI is InChI=1S/C22H37N4O3Si/c1-8-30(9-2,10-3)12-11-18-14-24-20(16-26(18)23)28-19-13-17(4)25(15-19)21(27)29-22(5,6)7/h14,16-17,19H,8-10,13,15H2,1-7H3,(H2,23,24)/q+1/t17-,19+/m0/s1. The van der Waals surface area contributed by atoms with E-state index in [0.29, 0.717) is 24.5 Å². The monoisotopic (exact) mass is 433 g/mol. The van der Waals surface area contributed by atoms with Gasteiger partial charge < -0.3 is 14.4 Å². The van der Waals surface area contributed by atoms with Crippen molar-refractivity contribution in [2.45, 2.75) is 90.8 Å². The molecule has 0 radical (unpaired) electrons. The van der Waals surface area contributed by atoms with E-state index in [2.05, 4.69) is 37.2 Å². The third-order valence-corrected chi connectivity index (χ3v) is 10.5. The molecule has 1 aromatic rings. The first-order valence-corrected chi connectivity index (χ1v) is 13.5. The van der Waals surface area contributed by atoms with Crippen LogP contribution in [0.3, 0.4) is 0 Å². The SMILES string of the molecule is CC[Si](C#Cc1cnc(O[C@@H]2C[C@H](C)N(C(=O)OC(C)(C)C)C2)c[n+]1N)(CC)CC. The molecule has 0 aromatic carbocycles. The van der Waals surface area contributed by atoms with Crippen LogP contribution in [0.2, 0.25) is 18.1 Å². The molecular weight excluding hydrogens is 396 g/mol. The first kappa shape index (κ1) is 24.0. The van der Waals surface area contributed by atoms with Crippen molar-refractivity contribution >= 4 is 14.2 Å². The molecule has 0 aliphatic carbocycles. The Kier molecular flexibility index (Phi) is 7.75. The van der Waals surface area contributed by atoms with E-state index in [-0.39, 0.29) is 18.2 Å². The maximum Gasteiger partial charge on any atom is 0.410 e. The molecule has 30 heavy (non-hydrogen) atoms. The number of nitrogen functional groups attached to an aromatic ring is 1. The minimum Gasteiger partial charge on any atom is -0.468 e. The summed E-state index contributed by atoms with van der Waals surface area (Å²) in [7, 11) is -1.55. The Hall–Kier alpha value is -2.27. The molecule has 8 heteroatoms. The number of amides is 1. The number of nitrogens with zero attached hydrogens (tertiary/aromatic N) is 3. The third kappa shape index (κ3) is 6.11. The lowest BCUT2D eigenvalue weighted by Crippen LogP contribution is -2.47. The van der Waals surface area contributed by atoms with E-state index in [4.69, 9.17) is 15.3 Å². The fourth-order valence-electron chi connectivity index (χ4n) is 3.60. The Balaban J connectivity index is 2.06. The van der Waals surface area contributed by atoms with Crippen molar-refractivity contribution in [2.24, 2.45) is 0 Å². The maximum absolute atomic E-state index is 12.4. The first-order valence-electron chi connectivity index (χ1n) is 10.9. The van der Waals surface area contributed by atoms with Crippen LogP contribution in [-0.4, -0.2) is 48.3 Å². The average Bonchev–Trinajstić information content (AvgIpc) is 3.03. The van der Waals surface area contributed by atoms with Crippen LogP contribution in [0.1, 0.15) is 60.6 Å². The normalized spacial score (nSPS) is 19.2. The number of hydrogen-bond donors (Lipinski definition) is 1. The van der Waals surface area contributed by atoms with E-state index in [1.165, 1.54) is 4.68 Å². The lowest BCUT2D eigenvalue weighted by molar-refractivity contribution is -0.642. The second-order valence-corrected chi connectivity index (χ2v) is 14.0. The highest BCUT2D eigenvalue weighted by Crippen LogP contribution is 2.24. The average molecular weight is 434 g/mol. The topological polar surface area (TPSA) is 81.6 Å². The molecule has 2 heterocycles. The molecule has 1 aliphatic heterocycles. The van der Waals surface area contributed by atoms with Gasteiger partial charge in [0, 0.05) is 12.5 Å². The van der Waals surface area contributed by atoms with Gasteiger partial charge in [-0.15, -0.1) is 5.54 Å². The number of nitrogens with two attached hydrogens (primary N) is 1. The molecule has 0 spiro atoms. The van der Waals surface area contributed by atoms with Gasteiger partial charge in [0.25, 0.3) is 12.1 Å². The Morgan fingerprint density at radius 3 is 2.50 bits per heavy atom. The van der Waals surface area contributed by atoms with E-state index in [1.807, 2.05) is 27.7 Å². The smallest absolute Gasteiger partial charge is 0.410 e. The van der Waals surface area contributed by atoms with Gasteiger partial charge >= 0.3 is 11.8 Å². The van der Waals surface area contributed by atoms with Gasteiger partial charge in [-0.25, -0.2) is 15.6 Å². The second-order valence-electron chi connectivity index (χ2n) is 9.07. The van der Waals surface area contributed by atoms with Gasteiger partial charge in [0.05, 0.1) is 6.54 Å².